The standard InChI is InChI=1S/C15H17N7.ClH/c1-11(13-3-7-17-8-4-13)19-21-15(16)22-20-12(2)14-5-9-18-10-6-14;/h3-10H,1-2H3,(H3,16,21,22);1H/b19-11-,20-12-;. The molecule has 2 heterocycles. The zero-order valence-corrected chi connectivity index (χ0v) is 13.7. The van der Waals surface area contributed by atoms with Crippen molar-refractivity contribution in [3.8, 4) is 0 Å². The van der Waals surface area contributed by atoms with Crippen LogP contribution in [0.3, 0.4) is 0 Å². The van der Waals surface area contributed by atoms with E-state index in [0.29, 0.717) is 0 Å². The van der Waals surface area contributed by atoms with Crippen LogP contribution in [0, 0.1) is 0 Å². The molecule has 0 bridgehead atoms. The highest BCUT2D eigenvalue weighted by atomic mass is 35.5. The maximum absolute atomic E-state index is 5.73. The number of rotatable bonds is 4. The smallest absolute Gasteiger partial charge is 0.234 e. The van der Waals surface area contributed by atoms with Crippen LogP contribution in [-0.4, -0.2) is 27.4 Å². The SMILES string of the molecule is C/C(=N/N=C(/N)N/N=C(/C)c1ccncc1)c1ccncc1.Cl. The van der Waals surface area contributed by atoms with E-state index >= 15 is 0 Å². The third-order valence-electron chi connectivity index (χ3n) is 2.84. The minimum absolute atomic E-state index is 0. The molecule has 120 valence electrons. The number of pyridine rings is 2. The Labute approximate surface area is 140 Å². The van der Waals surface area contributed by atoms with Gasteiger partial charge in [0.2, 0.25) is 5.96 Å². The number of guanidine groups is 1. The van der Waals surface area contributed by atoms with Crippen molar-refractivity contribution in [2.24, 2.45) is 21.0 Å². The van der Waals surface area contributed by atoms with Gasteiger partial charge in [0.15, 0.2) is 0 Å². The number of nitrogens with one attached hydrogen (secondary N) is 1. The minimum atomic E-state index is 0. The summed E-state index contributed by atoms with van der Waals surface area (Å²) in [6.45, 7) is 3.71. The fourth-order valence-electron chi connectivity index (χ4n) is 1.60. The van der Waals surface area contributed by atoms with Gasteiger partial charge in [0, 0.05) is 35.9 Å². The Bertz CT molecular complexity index is 696. The van der Waals surface area contributed by atoms with Gasteiger partial charge in [-0.3, -0.25) is 9.97 Å². The van der Waals surface area contributed by atoms with Crippen molar-refractivity contribution >= 4 is 29.8 Å². The van der Waals surface area contributed by atoms with E-state index in [2.05, 4.69) is 30.7 Å². The minimum Gasteiger partial charge on any atom is -0.367 e. The van der Waals surface area contributed by atoms with Gasteiger partial charge in [-0.25, -0.2) is 5.43 Å². The normalized spacial score (nSPS) is 12.5. The summed E-state index contributed by atoms with van der Waals surface area (Å²) in [6, 6.07) is 7.42. The second-order valence-electron chi connectivity index (χ2n) is 4.45. The van der Waals surface area contributed by atoms with Crippen LogP contribution in [0.4, 0.5) is 0 Å². The lowest BCUT2D eigenvalue weighted by Crippen LogP contribution is -2.27. The Hall–Kier alpha value is -2.80. The number of hydrogen-bond acceptors (Lipinski definition) is 5. The van der Waals surface area contributed by atoms with E-state index < -0.39 is 0 Å². The Kier molecular flexibility index (Phi) is 7.35. The van der Waals surface area contributed by atoms with Crippen LogP contribution in [0.5, 0.6) is 0 Å². The third-order valence-corrected chi connectivity index (χ3v) is 2.84. The molecule has 0 fully saturated rings. The molecule has 2 rings (SSSR count). The molecule has 23 heavy (non-hydrogen) atoms. The molecule has 0 atom stereocenters. The number of halogens is 1. The predicted molar refractivity (Wildman–Crippen MR) is 94.9 cm³/mol. The molecule has 0 aliphatic rings. The molecule has 0 saturated heterocycles. The lowest BCUT2D eigenvalue weighted by atomic mass is 10.2. The van der Waals surface area contributed by atoms with Crippen LogP contribution >= 0.6 is 12.4 Å². The van der Waals surface area contributed by atoms with E-state index in [-0.39, 0.29) is 18.4 Å². The maximum Gasteiger partial charge on any atom is 0.234 e. The van der Waals surface area contributed by atoms with Gasteiger partial charge in [-0.2, -0.15) is 10.2 Å². The average Bonchev–Trinajstić information content (AvgIpc) is 2.59. The number of hydrazone groups is 1. The summed E-state index contributed by atoms with van der Waals surface area (Å²) in [4.78, 5) is 7.91. The fraction of sp³-hybridized carbons (Fsp3) is 0.133. The molecule has 0 aliphatic carbocycles. The van der Waals surface area contributed by atoms with Crippen LogP contribution in [0.25, 0.3) is 0 Å². The summed E-state index contributed by atoms with van der Waals surface area (Å²) >= 11 is 0. The highest BCUT2D eigenvalue weighted by Gasteiger charge is 1.97. The van der Waals surface area contributed by atoms with Gasteiger partial charge >= 0.3 is 0 Å². The van der Waals surface area contributed by atoms with Gasteiger partial charge in [-0.05, 0) is 38.1 Å². The molecule has 7 nitrogen and oxygen atoms in total. The first-order valence-corrected chi connectivity index (χ1v) is 6.65. The molecule has 0 aliphatic heterocycles. The van der Waals surface area contributed by atoms with Crippen molar-refractivity contribution in [3.05, 3.63) is 60.2 Å². The highest BCUT2D eigenvalue weighted by molar-refractivity contribution is 6.00. The summed E-state index contributed by atoms with van der Waals surface area (Å²) in [5.41, 5.74) is 11.8. The van der Waals surface area contributed by atoms with Crippen molar-refractivity contribution in [3.63, 3.8) is 0 Å². The molecule has 3 N–H and O–H groups in total. The average molecular weight is 332 g/mol. The molecule has 0 unspecified atom stereocenters. The monoisotopic (exact) mass is 331 g/mol. The number of hydrogen-bond donors (Lipinski definition) is 2. The third kappa shape index (κ3) is 5.84. The molecule has 2 aromatic rings. The van der Waals surface area contributed by atoms with Crippen LogP contribution < -0.4 is 11.2 Å². The van der Waals surface area contributed by atoms with Crippen LogP contribution in [0.2, 0.25) is 0 Å². The second kappa shape index (κ2) is 9.26. The Morgan fingerprint density at radius 3 is 1.87 bits per heavy atom. The summed E-state index contributed by atoms with van der Waals surface area (Å²) in [5, 5.41) is 12.1. The second-order valence-corrected chi connectivity index (χ2v) is 4.45. The van der Waals surface area contributed by atoms with Crippen LogP contribution in [0.15, 0.2) is 64.4 Å². The topological polar surface area (TPSA) is 101 Å². The Morgan fingerprint density at radius 1 is 0.870 bits per heavy atom. The maximum atomic E-state index is 5.73. The van der Waals surface area contributed by atoms with Crippen LogP contribution in [0.1, 0.15) is 25.0 Å². The molecule has 0 amide bonds. The molecular weight excluding hydrogens is 314 g/mol. The van der Waals surface area contributed by atoms with Gasteiger partial charge in [0.05, 0.1) is 11.4 Å². The summed E-state index contributed by atoms with van der Waals surface area (Å²) < 4.78 is 0. The molecular formula is C15H18ClN7. The lowest BCUT2D eigenvalue weighted by molar-refractivity contribution is 0.983. The first kappa shape index (κ1) is 18.2. The number of nitrogens with two attached hydrogens (primary N) is 1. The summed E-state index contributed by atoms with van der Waals surface area (Å²) in [6.07, 6.45) is 6.80. The van der Waals surface area contributed by atoms with E-state index in [4.69, 9.17) is 5.73 Å². The zero-order chi connectivity index (χ0) is 15.8. The van der Waals surface area contributed by atoms with Crippen molar-refractivity contribution in [1.82, 2.24) is 15.4 Å². The molecule has 0 spiro atoms. The lowest BCUT2D eigenvalue weighted by Gasteiger charge is -2.02. The van der Waals surface area contributed by atoms with E-state index in [1.165, 1.54) is 0 Å². The molecule has 0 saturated carbocycles. The summed E-state index contributed by atoms with van der Waals surface area (Å²) in [7, 11) is 0. The van der Waals surface area contributed by atoms with Crippen molar-refractivity contribution in [1.29, 1.82) is 0 Å². The number of aromatic nitrogens is 2. The molecule has 2 aromatic heterocycles. The van der Waals surface area contributed by atoms with Gasteiger partial charge in [-0.1, -0.05) is 0 Å². The quantitative estimate of drug-likeness (QED) is 0.508. The number of nitrogens with zero attached hydrogens (tertiary/aromatic N) is 5. The van der Waals surface area contributed by atoms with Crippen molar-refractivity contribution in [2.45, 2.75) is 13.8 Å². The fourth-order valence-corrected chi connectivity index (χ4v) is 1.60. The van der Waals surface area contributed by atoms with Crippen molar-refractivity contribution < 1.29 is 0 Å². The predicted octanol–water partition coefficient (Wildman–Crippen LogP) is 1.95. The van der Waals surface area contributed by atoms with E-state index in [1.54, 1.807) is 24.8 Å². The van der Waals surface area contributed by atoms with Gasteiger partial charge in [0.1, 0.15) is 0 Å². The van der Waals surface area contributed by atoms with Gasteiger partial charge in [0.25, 0.3) is 0 Å². The molecule has 0 radical (unpaired) electrons. The Morgan fingerprint density at radius 2 is 1.35 bits per heavy atom. The first-order valence-electron chi connectivity index (χ1n) is 6.65. The van der Waals surface area contributed by atoms with Gasteiger partial charge < -0.3 is 5.73 Å². The molecule has 8 heteroatoms. The Balaban J connectivity index is 0.00000264. The van der Waals surface area contributed by atoms with E-state index in [9.17, 15) is 0 Å². The zero-order valence-electron chi connectivity index (χ0n) is 12.8. The first-order chi connectivity index (χ1) is 10.7. The van der Waals surface area contributed by atoms with Crippen molar-refractivity contribution in [2.75, 3.05) is 0 Å². The highest BCUT2D eigenvalue weighted by Crippen LogP contribution is 1.99. The van der Waals surface area contributed by atoms with Gasteiger partial charge in [-0.15, -0.1) is 17.5 Å². The van der Waals surface area contributed by atoms with E-state index in [0.717, 1.165) is 22.6 Å². The largest absolute Gasteiger partial charge is 0.367 e. The van der Waals surface area contributed by atoms with E-state index in [1.807, 2.05) is 38.1 Å². The molecule has 0 aromatic carbocycles. The summed E-state index contributed by atoms with van der Waals surface area (Å²) in [5.74, 6) is 0.113. The van der Waals surface area contributed by atoms with Crippen LogP contribution in [-0.2, 0) is 0 Å².